The van der Waals surface area contributed by atoms with Crippen LogP contribution >= 0.6 is 23.2 Å². The molecule has 1 aliphatic rings. The first-order chi connectivity index (χ1) is 19.0. The summed E-state index contributed by atoms with van der Waals surface area (Å²) in [4.78, 5) is 6.40. The van der Waals surface area contributed by atoms with Crippen LogP contribution in [0.2, 0.25) is 10.0 Å². The molecule has 0 unspecified atom stereocenters. The summed E-state index contributed by atoms with van der Waals surface area (Å²) in [5.74, 6) is -0.287. The second-order valence-electron chi connectivity index (χ2n) is 9.63. The summed E-state index contributed by atoms with van der Waals surface area (Å²) < 4.78 is 20.7. The minimum absolute atomic E-state index is 0.275. The summed E-state index contributed by atoms with van der Waals surface area (Å²) >= 11 is 12.7. The number of rotatable bonds is 11. The minimum Gasteiger partial charge on any atom is -0.491 e. The van der Waals surface area contributed by atoms with Crippen LogP contribution < -0.4 is 4.74 Å². The smallest absolute Gasteiger partial charge is 0.215 e. The number of likely N-dealkylation sites (N-methyl/N-ethyl adjacent to an activating group) is 1. The zero-order valence-electron chi connectivity index (χ0n) is 21.8. The van der Waals surface area contributed by atoms with Crippen LogP contribution in [0, 0.1) is 0 Å². The third-order valence-electron chi connectivity index (χ3n) is 6.49. The number of aromatic nitrogens is 2. The topological polar surface area (TPSA) is 48.8 Å². The number of nitrogens with zero attached hydrogens (tertiary/aromatic N) is 3. The van der Waals surface area contributed by atoms with E-state index < -0.39 is 5.79 Å². The Morgan fingerprint density at radius 3 is 2.67 bits per heavy atom. The van der Waals surface area contributed by atoms with Crippen molar-refractivity contribution < 1.29 is 14.2 Å². The summed E-state index contributed by atoms with van der Waals surface area (Å²) in [6.07, 6.45) is 9.35. The highest BCUT2D eigenvalue weighted by Crippen LogP contribution is 2.40. The Labute approximate surface area is 239 Å². The van der Waals surface area contributed by atoms with Crippen molar-refractivity contribution in [2.45, 2.75) is 25.0 Å². The molecule has 0 spiro atoms. The largest absolute Gasteiger partial charge is 0.491 e. The molecule has 8 heteroatoms. The highest BCUT2D eigenvalue weighted by Gasteiger charge is 2.45. The monoisotopic (exact) mass is 563 g/mol. The predicted octanol–water partition coefficient (Wildman–Crippen LogP) is 6.68. The molecular weight excluding hydrogens is 533 g/mol. The maximum absolute atomic E-state index is 6.56. The van der Waals surface area contributed by atoms with Gasteiger partial charge < -0.3 is 18.8 Å². The highest BCUT2D eigenvalue weighted by atomic mass is 35.5. The van der Waals surface area contributed by atoms with Gasteiger partial charge in [0.05, 0.1) is 24.5 Å². The van der Waals surface area contributed by atoms with Gasteiger partial charge in [0.1, 0.15) is 18.5 Å². The molecule has 202 valence electrons. The molecule has 0 radical (unpaired) electrons. The van der Waals surface area contributed by atoms with Crippen molar-refractivity contribution in [2.24, 2.45) is 0 Å². The lowest BCUT2D eigenvalue weighted by atomic mass is 10.1. The molecule has 2 heterocycles. The van der Waals surface area contributed by atoms with Crippen LogP contribution in [0.1, 0.15) is 16.7 Å². The molecule has 0 amide bonds. The van der Waals surface area contributed by atoms with Crippen molar-refractivity contribution in [3.8, 4) is 5.75 Å². The molecule has 3 aromatic carbocycles. The third-order valence-corrected chi connectivity index (χ3v) is 7.04. The number of hydrogen-bond donors (Lipinski definition) is 0. The van der Waals surface area contributed by atoms with Gasteiger partial charge in [0.25, 0.3) is 0 Å². The van der Waals surface area contributed by atoms with Crippen LogP contribution in [0.15, 0.2) is 97.6 Å². The maximum Gasteiger partial charge on any atom is 0.215 e. The fraction of sp³-hybridized carbons (Fsp3) is 0.258. The zero-order valence-corrected chi connectivity index (χ0v) is 23.3. The van der Waals surface area contributed by atoms with E-state index in [0.29, 0.717) is 29.8 Å². The number of halogens is 2. The molecule has 1 aliphatic heterocycles. The molecule has 0 bridgehead atoms. The molecule has 6 nitrogen and oxygen atoms in total. The maximum atomic E-state index is 6.56. The van der Waals surface area contributed by atoms with E-state index in [0.717, 1.165) is 24.4 Å². The van der Waals surface area contributed by atoms with Gasteiger partial charge in [-0.3, -0.25) is 4.90 Å². The SMILES string of the molecule is CN(C/C=C/c1ccccc1)Cc1ccc(OC[C@@H]2CO[C@@](Cn3ccnc3)(c3ccc(Cl)cc3Cl)O2)cc1. The average Bonchev–Trinajstić information content (AvgIpc) is 3.59. The van der Waals surface area contributed by atoms with E-state index in [1.165, 1.54) is 11.1 Å². The highest BCUT2D eigenvalue weighted by molar-refractivity contribution is 6.35. The van der Waals surface area contributed by atoms with Crippen LogP contribution in [0.4, 0.5) is 0 Å². The molecule has 1 saturated heterocycles. The van der Waals surface area contributed by atoms with Crippen molar-refractivity contribution in [3.63, 3.8) is 0 Å². The van der Waals surface area contributed by atoms with E-state index in [4.69, 9.17) is 37.4 Å². The molecule has 39 heavy (non-hydrogen) atoms. The molecule has 0 saturated carbocycles. The summed E-state index contributed by atoms with van der Waals surface area (Å²) in [6.45, 7) is 2.82. The van der Waals surface area contributed by atoms with E-state index in [1.807, 2.05) is 47.2 Å². The number of imidazole rings is 1. The number of benzene rings is 3. The molecule has 0 N–H and O–H groups in total. The van der Waals surface area contributed by atoms with Gasteiger partial charge in [0.2, 0.25) is 5.79 Å². The van der Waals surface area contributed by atoms with Crippen molar-refractivity contribution in [2.75, 3.05) is 26.8 Å². The lowest BCUT2D eigenvalue weighted by Gasteiger charge is -2.30. The molecule has 5 rings (SSSR count). The first-order valence-corrected chi connectivity index (χ1v) is 13.6. The Morgan fingerprint density at radius 2 is 1.92 bits per heavy atom. The van der Waals surface area contributed by atoms with Crippen molar-refractivity contribution in [3.05, 3.63) is 124 Å². The molecule has 1 fully saturated rings. The van der Waals surface area contributed by atoms with Gasteiger partial charge >= 0.3 is 0 Å². The normalized spacial score (nSPS) is 19.2. The van der Waals surface area contributed by atoms with E-state index in [-0.39, 0.29) is 6.10 Å². The molecular formula is C31H31Cl2N3O3. The van der Waals surface area contributed by atoms with Crippen LogP contribution in [0.5, 0.6) is 5.75 Å². The third kappa shape index (κ3) is 7.29. The van der Waals surface area contributed by atoms with Gasteiger partial charge in [-0.25, -0.2) is 4.98 Å². The zero-order chi connectivity index (χ0) is 27.1. The fourth-order valence-electron chi connectivity index (χ4n) is 4.56. The van der Waals surface area contributed by atoms with E-state index in [2.05, 4.69) is 53.3 Å². The van der Waals surface area contributed by atoms with Crippen LogP contribution in [0.3, 0.4) is 0 Å². The van der Waals surface area contributed by atoms with E-state index in [9.17, 15) is 0 Å². The quantitative estimate of drug-likeness (QED) is 0.203. The van der Waals surface area contributed by atoms with Gasteiger partial charge in [-0.1, -0.05) is 83.9 Å². The first-order valence-electron chi connectivity index (χ1n) is 12.8. The lowest BCUT2D eigenvalue weighted by molar-refractivity contribution is -0.189. The number of hydrogen-bond acceptors (Lipinski definition) is 5. The predicted molar refractivity (Wildman–Crippen MR) is 155 cm³/mol. The molecule has 4 aromatic rings. The van der Waals surface area contributed by atoms with Gasteiger partial charge in [-0.15, -0.1) is 0 Å². The summed E-state index contributed by atoms with van der Waals surface area (Å²) in [5.41, 5.74) is 3.14. The van der Waals surface area contributed by atoms with Gasteiger partial charge in [-0.05, 0) is 42.4 Å². The van der Waals surface area contributed by atoms with Gasteiger partial charge in [0, 0.05) is 36.1 Å². The lowest BCUT2D eigenvalue weighted by Crippen LogP contribution is -2.34. The van der Waals surface area contributed by atoms with Crippen LogP contribution in [-0.2, 0) is 28.4 Å². The Hall–Kier alpha value is -3.13. The first kappa shape index (κ1) is 27.4. The summed E-state index contributed by atoms with van der Waals surface area (Å²) in [7, 11) is 2.11. The second-order valence-corrected chi connectivity index (χ2v) is 10.5. The summed E-state index contributed by atoms with van der Waals surface area (Å²) in [5, 5.41) is 1.04. The molecule has 2 atom stereocenters. The Bertz CT molecular complexity index is 1360. The second kappa shape index (κ2) is 12.8. The van der Waals surface area contributed by atoms with Crippen molar-refractivity contribution in [1.29, 1.82) is 0 Å². The molecule has 0 aliphatic carbocycles. The van der Waals surface area contributed by atoms with E-state index >= 15 is 0 Å². The standard InChI is InChI=1S/C31H31Cl2N3O3/c1-35(16-5-8-24-6-3-2-4-7-24)19-25-9-12-27(13-10-25)37-20-28-21-38-31(39-28,22-36-17-15-34-23-36)29-14-11-26(32)18-30(29)33/h2-15,17-18,23,28H,16,19-22H2,1H3/b8-5+/t28-,31-/m1/s1. The Balaban J connectivity index is 1.15. The van der Waals surface area contributed by atoms with Crippen LogP contribution in [-0.4, -0.2) is 47.4 Å². The molecule has 1 aromatic heterocycles. The average molecular weight is 565 g/mol. The van der Waals surface area contributed by atoms with E-state index in [1.54, 1.807) is 24.7 Å². The van der Waals surface area contributed by atoms with Gasteiger partial charge in [-0.2, -0.15) is 0 Å². The Morgan fingerprint density at radius 1 is 1.10 bits per heavy atom. The summed E-state index contributed by atoms with van der Waals surface area (Å²) in [6, 6.07) is 23.8. The number of ether oxygens (including phenoxy) is 3. The van der Waals surface area contributed by atoms with Crippen molar-refractivity contribution in [1.82, 2.24) is 14.5 Å². The van der Waals surface area contributed by atoms with Gasteiger partial charge in [0.15, 0.2) is 0 Å². The van der Waals surface area contributed by atoms with Crippen molar-refractivity contribution >= 4 is 29.3 Å². The fourth-order valence-corrected chi connectivity index (χ4v) is 5.12. The van der Waals surface area contributed by atoms with Crippen LogP contribution in [0.25, 0.3) is 6.08 Å². The minimum atomic E-state index is -1.07. The Kier molecular flexibility index (Phi) is 9.02.